The van der Waals surface area contributed by atoms with Gasteiger partial charge in [0.2, 0.25) is 6.79 Å². The molecule has 5 nitrogen and oxygen atoms in total. The van der Waals surface area contributed by atoms with Gasteiger partial charge in [0.15, 0.2) is 11.5 Å². The van der Waals surface area contributed by atoms with Crippen LogP contribution in [0.4, 0.5) is 0 Å². The molecule has 5 heteroatoms. The average molecular weight is 278 g/mol. The number of phenols is 1. The third kappa shape index (κ3) is 2.31. The van der Waals surface area contributed by atoms with Gasteiger partial charge >= 0.3 is 0 Å². The van der Waals surface area contributed by atoms with Crippen LogP contribution in [-0.4, -0.2) is 43.0 Å². The van der Waals surface area contributed by atoms with Crippen molar-refractivity contribution in [3.63, 3.8) is 0 Å². The second-order valence-corrected chi connectivity index (χ2v) is 5.91. The number of likely N-dealkylation sites (N-methyl/N-ethyl adjacent to an activating group) is 1. The van der Waals surface area contributed by atoms with E-state index >= 15 is 0 Å². The summed E-state index contributed by atoms with van der Waals surface area (Å²) in [4.78, 5) is 2.31. The fourth-order valence-electron chi connectivity index (χ4n) is 2.91. The van der Waals surface area contributed by atoms with Gasteiger partial charge in [0, 0.05) is 30.3 Å². The summed E-state index contributed by atoms with van der Waals surface area (Å²) in [5.41, 5.74) is 1.13. The average Bonchev–Trinajstić information content (AvgIpc) is 2.78. The van der Waals surface area contributed by atoms with Gasteiger partial charge in [0.1, 0.15) is 5.75 Å². The highest BCUT2D eigenvalue weighted by Crippen LogP contribution is 2.38. The smallest absolute Gasteiger partial charge is 0.231 e. The molecule has 1 saturated carbocycles. The Hall–Kier alpha value is -1.46. The van der Waals surface area contributed by atoms with E-state index in [1.165, 1.54) is 19.3 Å². The van der Waals surface area contributed by atoms with Gasteiger partial charge in [-0.05, 0) is 39.4 Å². The lowest BCUT2D eigenvalue weighted by atomic mass is 9.75. The van der Waals surface area contributed by atoms with Crippen molar-refractivity contribution in [2.24, 2.45) is 0 Å². The molecule has 0 spiro atoms. The summed E-state index contributed by atoms with van der Waals surface area (Å²) in [5.74, 6) is 1.59. The molecule has 1 aliphatic carbocycles. The van der Waals surface area contributed by atoms with Gasteiger partial charge in [0.25, 0.3) is 0 Å². The quantitative estimate of drug-likeness (QED) is 0.858. The van der Waals surface area contributed by atoms with E-state index in [2.05, 4.69) is 24.3 Å². The Morgan fingerprint density at radius 2 is 1.95 bits per heavy atom. The van der Waals surface area contributed by atoms with Crippen molar-refractivity contribution in [1.29, 1.82) is 0 Å². The zero-order chi connectivity index (χ0) is 14.2. The molecule has 3 rings (SSSR count). The lowest BCUT2D eigenvalue weighted by Gasteiger charge is -2.47. The third-order valence-electron chi connectivity index (χ3n) is 4.58. The van der Waals surface area contributed by atoms with Crippen molar-refractivity contribution < 1.29 is 14.6 Å². The summed E-state index contributed by atoms with van der Waals surface area (Å²) < 4.78 is 10.6. The Balaban J connectivity index is 1.61. The number of hydrogen-bond donors (Lipinski definition) is 2. The van der Waals surface area contributed by atoms with E-state index in [1.807, 2.05) is 6.07 Å². The first kappa shape index (κ1) is 13.5. The first-order valence-corrected chi connectivity index (χ1v) is 7.10. The maximum atomic E-state index is 10.00. The molecule has 0 unspecified atom stereocenters. The maximum absolute atomic E-state index is 10.00. The van der Waals surface area contributed by atoms with Crippen LogP contribution in [0.25, 0.3) is 0 Å². The van der Waals surface area contributed by atoms with Crippen LogP contribution in [0.5, 0.6) is 17.2 Å². The van der Waals surface area contributed by atoms with Gasteiger partial charge in [-0.15, -0.1) is 0 Å². The zero-order valence-electron chi connectivity index (χ0n) is 12.1. The van der Waals surface area contributed by atoms with Gasteiger partial charge in [-0.2, -0.15) is 0 Å². The molecule has 0 bridgehead atoms. The van der Waals surface area contributed by atoms with E-state index in [0.29, 0.717) is 18.0 Å². The van der Waals surface area contributed by atoms with Crippen molar-refractivity contribution in [3.8, 4) is 17.2 Å². The number of fused-ring (bicyclic) bond motifs is 1. The molecule has 1 heterocycles. The second kappa shape index (κ2) is 5.14. The topological polar surface area (TPSA) is 54.0 Å². The predicted octanol–water partition coefficient (Wildman–Crippen LogP) is 1.69. The highest BCUT2D eigenvalue weighted by atomic mass is 16.7. The molecule has 1 fully saturated rings. The normalized spacial score (nSPS) is 19.1. The minimum absolute atomic E-state index is 0.232. The molecule has 0 radical (unpaired) electrons. The van der Waals surface area contributed by atoms with Gasteiger partial charge in [-0.3, -0.25) is 0 Å². The first-order valence-electron chi connectivity index (χ1n) is 7.10. The molecule has 2 N–H and O–H groups in total. The van der Waals surface area contributed by atoms with Crippen LogP contribution in [0.2, 0.25) is 0 Å². The summed E-state index contributed by atoms with van der Waals surface area (Å²) in [6, 6.07) is 3.48. The fourth-order valence-corrected chi connectivity index (χ4v) is 2.91. The molecule has 1 aromatic rings. The fraction of sp³-hybridized carbons (Fsp3) is 0.600. The van der Waals surface area contributed by atoms with E-state index in [1.54, 1.807) is 6.07 Å². The highest BCUT2D eigenvalue weighted by Gasteiger charge is 2.38. The lowest BCUT2D eigenvalue weighted by molar-refractivity contribution is 0.0597. The molecule has 20 heavy (non-hydrogen) atoms. The van der Waals surface area contributed by atoms with Crippen molar-refractivity contribution in [2.75, 3.05) is 27.4 Å². The summed E-state index contributed by atoms with van der Waals surface area (Å²) in [6.45, 7) is 1.81. The van der Waals surface area contributed by atoms with Gasteiger partial charge < -0.3 is 24.8 Å². The number of benzene rings is 1. The number of nitrogens with zero attached hydrogens (tertiary/aromatic N) is 1. The van der Waals surface area contributed by atoms with E-state index in [-0.39, 0.29) is 18.1 Å². The van der Waals surface area contributed by atoms with Crippen LogP contribution in [0.15, 0.2) is 12.1 Å². The first-order chi connectivity index (χ1) is 9.61. The third-order valence-corrected chi connectivity index (χ3v) is 4.58. The molecular formula is C15H22N2O3. The van der Waals surface area contributed by atoms with Crippen LogP contribution in [0.3, 0.4) is 0 Å². The minimum atomic E-state index is 0.232. The van der Waals surface area contributed by atoms with Crippen LogP contribution in [0.1, 0.15) is 24.8 Å². The molecule has 110 valence electrons. The van der Waals surface area contributed by atoms with Crippen LogP contribution < -0.4 is 14.8 Å². The van der Waals surface area contributed by atoms with Crippen molar-refractivity contribution >= 4 is 0 Å². The van der Waals surface area contributed by atoms with Gasteiger partial charge in [0.05, 0.1) is 0 Å². The Morgan fingerprint density at radius 1 is 1.25 bits per heavy atom. The Labute approximate surface area is 119 Å². The SMILES string of the molecule is CN(C)C1(CNCc2cc3c(cc2O)OCO3)CCC1. The van der Waals surface area contributed by atoms with Crippen molar-refractivity contribution in [3.05, 3.63) is 17.7 Å². The molecule has 1 aromatic carbocycles. The predicted molar refractivity (Wildman–Crippen MR) is 76.2 cm³/mol. The monoisotopic (exact) mass is 278 g/mol. The highest BCUT2D eigenvalue weighted by molar-refractivity contribution is 5.51. The number of phenolic OH excluding ortho intramolecular Hbond substituents is 1. The summed E-state index contributed by atoms with van der Waals surface area (Å²) in [5, 5.41) is 13.5. The number of rotatable bonds is 5. The van der Waals surface area contributed by atoms with E-state index in [9.17, 15) is 5.11 Å². The second-order valence-electron chi connectivity index (χ2n) is 5.91. The van der Waals surface area contributed by atoms with E-state index < -0.39 is 0 Å². The lowest BCUT2D eigenvalue weighted by Crippen LogP contribution is -2.56. The molecule has 0 aromatic heterocycles. The largest absolute Gasteiger partial charge is 0.507 e. The van der Waals surface area contributed by atoms with Crippen molar-refractivity contribution in [1.82, 2.24) is 10.2 Å². The van der Waals surface area contributed by atoms with E-state index in [0.717, 1.165) is 12.1 Å². The molecule has 0 saturated heterocycles. The zero-order valence-corrected chi connectivity index (χ0v) is 12.1. The van der Waals surface area contributed by atoms with Crippen LogP contribution in [0, 0.1) is 0 Å². The Kier molecular flexibility index (Phi) is 3.48. The number of aromatic hydroxyl groups is 1. The van der Waals surface area contributed by atoms with Crippen LogP contribution in [-0.2, 0) is 6.54 Å². The van der Waals surface area contributed by atoms with Gasteiger partial charge in [-0.1, -0.05) is 0 Å². The number of hydrogen-bond acceptors (Lipinski definition) is 5. The van der Waals surface area contributed by atoms with E-state index in [4.69, 9.17) is 9.47 Å². The molecule has 0 amide bonds. The molecule has 0 atom stereocenters. The Bertz CT molecular complexity index is 498. The summed E-state index contributed by atoms with van der Waals surface area (Å²) in [7, 11) is 4.28. The van der Waals surface area contributed by atoms with Crippen LogP contribution >= 0.6 is 0 Å². The Morgan fingerprint density at radius 3 is 2.55 bits per heavy atom. The minimum Gasteiger partial charge on any atom is -0.507 e. The number of nitrogens with one attached hydrogen (secondary N) is 1. The van der Waals surface area contributed by atoms with Crippen molar-refractivity contribution in [2.45, 2.75) is 31.3 Å². The molecule has 1 aliphatic heterocycles. The van der Waals surface area contributed by atoms with Gasteiger partial charge in [-0.25, -0.2) is 0 Å². The molecular weight excluding hydrogens is 256 g/mol. The summed E-state index contributed by atoms with van der Waals surface area (Å²) >= 11 is 0. The standard InChI is InChI=1S/C15H22N2O3/c1-17(2)15(4-3-5-15)9-16-8-11-6-13-14(7-12(11)18)20-10-19-13/h6-7,16,18H,3-5,8-10H2,1-2H3. The summed E-state index contributed by atoms with van der Waals surface area (Å²) in [6.07, 6.45) is 3.77. The number of ether oxygens (including phenoxy) is 2. The maximum Gasteiger partial charge on any atom is 0.231 e. The molecule has 2 aliphatic rings.